The summed E-state index contributed by atoms with van der Waals surface area (Å²) in [4.78, 5) is 11.7. The molecule has 0 bridgehead atoms. The standard InChI is InChI=1S/C15H13BrFNOS/c16-12-3-1-2-11(8-12)9-20-10-15(19)18-14-6-4-13(17)5-7-14/h1-8H,9-10H2,(H,18,19). The highest BCUT2D eigenvalue weighted by atomic mass is 79.9. The van der Waals surface area contributed by atoms with Gasteiger partial charge in [-0.2, -0.15) is 0 Å². The second kappa shape index (κ2) is 7.45. The van der Waals surface area contributed by atoms with Crippen molar-refractivity contribution in [3.8, 4) is 0 Å². The summed E-state index contributed by atoms with van der Waals surface area (Å²) in [6.07, 6.45) is 0. The minimum atomic E-state index is -0.313. The van der Waals surface area contributed by atoms with Crippen LogP contribution in [0.2, 0.25) is 0 Å². The fraction of sp³-hybridized carbons (Fsp3) is 0.133. The van der Waals surface area contributed by atoms with Crippen LogP contribution in [-0.2, 0) is 10.5 Å². The summed E-state index contributed by atoms with van der Waals surface area (Å²) in [7, 11) is 0. The Labute approximate surface area is 129 Å². The molecule has 0 fully saturated rings. The van der Waals surface area contributed by atoms with Crippen molar-refractivity contribution in [3.05, 3.63) is 64.4 Å². The number of hydrogen-bond donors (Lipinski definition) is 1. The van der Waals surface area contributed by atoms with Crippen molar-refractivity contribution >= 4 is 39.3 Å². The Balaban J connectivity index is 1.76. The molecule has 104 valence electrons. The van der Waals surface area contributed by atoms with Crippen LogP contribution in [0, 0.1) is 5.82 Å². The number of anilines is 1. The lowest BCUT2D eigenvalue weighted by Gasteiger charge is -2.05. The van der Waals surface area contributed by atoms with Crippen molar-refractivity contribution in [2.75, 3.05) is 11.1 Å². The maximum absolute atomic E-state index is 12.7. The summed E-state index contributed by atoms with van der Waals surface area (Å²) >= 11 is 4.95. The van der Waals surface area contributed by atoms with Crippen molar-refractivity contribution in [1.29, 1.82) is 0 Å². The second-order valence-electron chi connectivity index (χ2n) is 4.18. The lowest BCUT2D eigenvalue weighted by Crippen LogP contribution is -2.14. The number of rotatable bonds is 5. The number of halogens is 2. The predicted molar refractivity (Wildman–Crippen MR) is 85.3 cm³/mol. The first-order valence-corrected chi connectivity index (χ1v) is 7.96. The van der Waals surface area contributed by atoms with Gasteiger partial charge in [0, 0.05) is 15.9 Å². The van der Waals surface area contributed by atoms with Crippen LogP contribution in [-0.4, -0.2) is 11.7 Å². The molecule has 0 radical (unpaired) electrons. The summed E-state index contributed by atoms with van der Waals surface area (Å²) in [5.74, 6) is 0.740. The van der Waals surface area contributed by atoms with Gasteiger partial charge >= 0.3 is 0 Å². The van der Waals surface area contributed by atoms with Crippen LogP contribution >= 0.6 is 27.7 Å². The molecule has 0 aliphatic heterocycles. The Morgan fingerprint density at radius 3 is 2.65 bits per heavy atom. The van der Waals surface area contributed by atoms with Crippen LogP contribution in [0.5, 0.6) is 0 Å². The van der Waals surface area contributed by atoms with Crippen LogP contribution in [0.15, 0.2) is 53.0 Å². The summed E-state index contributed by atoms with van der Waals surface area (Å²) in [6.45, 7) is 0. The third-order valence-corrected chi connectivity index (χ3v) is 4.02. The van der Waals surface area contributed by atoms with Crippen LogP contribution in [0.25, 0.3) is 0 Å². The van der Waals surface area contributed by atoms with E-state index in [9.17, 15) is 9.18 Å². The molecular formula is C15H13BrFNOS. The van der Waals surface area contributed by atoms with Crippen molar-refractivity contribution in [3.63, 3.8) is 0 Å². The highest BCUT2D eigenvalue weighted by molar-refractivity contribution is 9.10. The maximum Gasteiger partial charge on any atom is 0.234 e. The largest absolute Gasteiger partial charge is 0.325 e. The first-order valence-electron chi connectivity index (χ1n) is 6.01. The Hall–Kier alpha value is -1.33. The Bertz CT molecular complexity index is 589. The van der Waals surface area contributed by atoms with Crippen molar-refractivity contribution in [2.45, 2.75) is 5.75 Å². The topological polar surface area (TPSA) is 29.1 Å². The maximum atomic E-state index is 12.7. The molecule has 2 aromatic carbocycles. The Kier molecular flexibility index (Phi) is 5.61. The zero-order chi connectivity index (χ0) is 14.4. The first kappa shape index (κ1) is 15.1. The minimum absolute atomic E-state index is 0.0865. The van der Waals surface area contributed by atoms with E-state index in [0.29, 0.717) is 11.4 Å². The Morgan fingerprint density at radius 2 is 1.95 bits per heavy atom. The van der Waals surface area contributed by atoms with E-state index in [2.05, 4.69) is 21.2 Å². The molecule has 20 heavy (non-hydrogen) atoms. The Morgan fingerprint density at radius 1 is 1.20 bits per heavy atom. The first-order chi connectivity index (χ1) is 9.63. The smallest absolute Gasteiger partial charge is 0.234 e. The lowest BCUT2D eigenvalue weighted by molar-refractivity contribution is -0.113. The minimum Gasteiger partial charge on any atom is -0.325 e. The van der Waals surface area contributed by atoms with Gasteiger partial charge < -0.3 is 5.32 Å². The third-order valence-electron chi connectivity index (χ3n) is 2.52. The van der Waals surface area contributed by atoms with E-state index in [0.717, 1.165) is 10.2 Å². The van der Waals surface area contributed by atoms with Gasteiger partial charge in [-0.05, 0) is 42.0 Å². The van der Waals surface area contributed by atoms with Gasteiger partial charge in [0.1, 0.15) is 5.82 Å². The van der Waals surface area contributed by atoms with E-state index in [1.807, 2.05) is 24.3 Å². The number of carbonyl (C=O) groups is 1. The van der Waals surface area contributed by atoms with E-state index < -0.39 is 0 Å². The number of thioether (sulfide) groups is 1. The fourth-order valence-corrected chi connectivity index (χ4v) is 2.84. The molecule has 2 rings (SSSR count). The highest BCUT2D eigenvalue weighted by Gasteiger charge is 2.03. The monoisotopic (exact) mass is 353 g/mol. The molecule has 0 spiro atoms. The molecule has 5 heteroatoms. The quantitative estimate of drug-likeness (QED) is 0.859. The number of hydrogen-bond acceptors (Lipinski definition) is 2. The molecule has 0 atom stereocenters. The predicted octanol–water partition coefficient (Wildman–Crippen LogP) is 4.46. The molecule has 2 aromatic rings. The molecule has 1 amide bonds. The van der Waals surface area contributed by atoms with E-state index in [4.69, 9.17) is 0 Å². The number of benzene rings is 2. The molecule has 0 aliphatic rings. The summed E-state index contributed by atoms with van der Waals surface area (Å²) in [5.41, 5.74) is 1.78. The molecule has 1 N–H and O–H groups in total. The number of amides is 1. The normalized spacial score (nSPS) is 10.3. The molecular weight excluding hydrogens is 341 g/mol. The van der Waals surface area contributed by atoms with Gasteiger partial charge in [0.15, 0.2) is 0 Å². The fourth-order valence-electron chi connectivity index (χ4n) is 1.62. The van der Waals surface area contributed by atoms with Gasteiger partial charge in [0.05, 0.1) is 5.75 Å². The molecule has 0 saturated heterocycles. The van der Waals surface area contributed by atoms with Crippen molar-refractivity contribution < 1.29 is 9.18 Å². The zero-order valence-corrected chi connectivity index (χ0v) is 13.0. The van der Waals surface area contributed by atoms with Gasteiger partial charge in [-0.3, -0.25) is 4.79 Å². The van der Waals surface area contributed by atoms with Crippen molar-refractivity contribution in [2.24, 2.45) is 0 Å². The molecule has 0 heterocycles. The highest BCUT2D eigenvalue weighted by Crippen LogP contribution is 2.17. The molecule has 0 aromatic heterocycles. The molecule has 2 nitrogen and oxygen atoms in total. The molecule has 0 unspecified atom stereocenters. The average Bonchev–Trinajstić information content (AvgIpc) is 2.41. The summed E-state index contributed by atoms with van der Waals surface area (Å²) < 4.78 is 13.8. The lowest BCUT2D eigenvalue weighted by atomic mass is 10.2. The van der Waals surface area contributed by atoms with E-state index in [1.165, 1.54) is 29.5 Å². The van der Waals surface area contributed by atoms with Crippen LogP contribution in [0.4, 0.5) is 10.1 Å². The van der Waals surface area contributed by atoms with E-state index >= 15 is 0 Å². The van der Waals surface area contributed by atoms with E-state index in [-0.39, 0.29) is 11.7 Å². The van der Waals surface area contributed by atoms with Gasteiger partial charge in [0.2, 0.25) is 5.91 Å². The third kappa shape index (κ3) is 4.98. The molecule has 0 saturated carbocycles. The summed E-state index contributed by atoms with van der Waals surface area (Å²) in [6, 6.07) is 13.7. The second-order valence-corrected chi connectivity index (χ2v) is 6.08. The van der Waals surface area contributed by atoms with Gasteiger partial charge in [-0.15, -0.1) is 11.8 Å². The van der Waals surface area contributed by atoms with Gasteiger partial charge in [0.25, 0.3) is 0 Å². The number of carbonyl (C=O) groups excluding carboxylic acids is 1. The SMILES string of the molecule is O=C(CSCc1cccc(Br)c1)Nc1ccc(F)cc1. The molecule has 0 aliphatic carbocycles. The van der Waals surface area contributed by atoms with Crippen LogP contribution < -0.4 is 5.32 Å². The van der Waals surface area contributed by atoms with Gasteiger partial charge in [-0.25, -0.2) is 4.39 Å². The number of nitrogens with one attached hydrogen (secondary N) is 1. The van der Waals surface area contributed by atoms with Crippen molar-refractivity contribution in [1.82, 2.24) is 0 Å². The average molecular weight is 354 g/mol. The van der Waals surface area contributed by atoms with Crippen LogP contribution in [0.3, 0.4) is 0 Å². The van der Waals surface area contributed by atoms with E-state index in [1.54, 1.807) is 12.1 Å². The van der Waals surface area contributed by atoms with Gasteiger partial charge in [-0.1, -0.05) is 28.1 Å². The zero-order valence-electron chi connectivity index (χ0n) is 10.6. The van der Waals surface area contributed by atoms with Crippen LogP contribution in [0.1, 0.15) is 5.56 Å². The summed E-state index contributed by atoms with van der Waals surface area (Å²) in [5, 5.41) is 2.73.